The number of para-hydroxylation sites is 1. The molecule has 170 valence electrons. The summed E-state index contributed by atoms with van der Waals surface area (Å²) in [5.41, 5.74) is 4.11. The van der Waals surface area contributed by atoms with Crippen LogP contribution in [0.3, 0.4) is 0 Å². The Kier molecular flexibility index (Phi) is 7.51. The maximum absolute atomic E-state index is 13.1. The number of carbonyl (C=O) groups is 2. The third-order valence-electron chi connectivity index (χ3n) is 5.89. The summed E-state index contributed by atoms with van der Waals surface area (Å²) in [6.07, 6.45) is 0.268. The number of nitrogens with one attached hydrogen (secondary N) is 2. The van der Waals surface area contributed by atoms with E-state index >= 15 is 0 Å². The Morgan fingerprint density at radius 2 is 1.12 bits per heavy atom. The highest BCUT2D eigenvalue weighted by Gasteiger charge is 2.20. The average Bonchev–Trinajstić information content (AvgIpc) is 2.89. The molecule has 0 aliphatic rings. The van der Waals surface area contributed by atoms with Gasteiger partial charge in [0.1, 0.15) is 0 Å². The molecule has 0 radical (unpaired) electrons. The molecule has 0 heterocycles. The molecule has 0 saturated heterocycles. The molecule has 1 atom stereocenters. The Labute approximate surface area is 200 Å². The van der Waals surface area contributed by atoms with Gasteiger partial charge in [0.2, 0.25) is 5.91 Å². The standard InChI is InChI=1S/C30H28N2O2/c1-22(23-13-5-2-6-14-23)31-30(34)26-19-11-12-20-28(26)32-29(33)21-27(24-15-7-3-8-16-24)25-17-9-4-10-18-25/h2-20,22,27H,21H2,1H3,(H,31,34)(H,32,33)/t22-/m0/s1. The van der Waals surface area contributed by atoms with Gasteiger partial charge in [0, 0.05) is 12.3 Å². The van der Waals surface area contributed by atoms with Crippen LogP contribution in [0.2, 0.25) is 0 Å². The summed E-state index contributed by atoms with van der Waals surface area (Å²) in [7, 11) is 0. The lowest BCUT2D eigenvalue weighted by Gasteiger charge is -2.19. The van der Waals surface area contributed by atoms with Gasteiger partial charge in [-0.2, -0.15) is 0 Å². The van der Waals surface area contributed by atoms with E-state index in [0.29, 0.717) is 11.3 Å². The number of hydrogen-bond donors (Lipinski definition) is 2. The van der Waals surface area contributed by atoms with Crippen molar-refractivity contribution in [3.8, 4) is 0 Å². The molecule has 34 heavy (non-hydrogen) atoms. The number of anilines is 1. The number of hydrogen-bond acceptors (Lipinski definition) is 2. The van der Waals surface area contributed by atoms with Crippen LogP contribution in [0.25, 0.3) is 0 Å². The maximum atomic E-state index is 13.1. The van der Waals surface area contributed by atoms with Crippen molar-refractivity contribution in [3.05, 3.63) is 138 Å². The maximum Gasteiger partial charge on any atom is 0.253 e. The first-order chi connectivity index (χ1) is 16.6. The van der Waals surface area contributed by atoms with Crippen LogP contribution in [0.5, 0.6) is 0 Å². The average molecular weight is 449 g/mol. The van der Waals surface area contributed by atoms with Crippen LogP contribution >= 0.6 is 0 Å². The lowest BCUT2D eigenvalue weighted by molar-refractivity contribution is -0.116. The first kappa shape index (κ1) is 23.0. The highest BCUT2D eigenvalue weighted by Crippen LogP contribution is 2.28. The van der Waals surface area contributed by atoms with E-state index in [0.717, 1.165) is 16.7 Å². The fourth-order valence-electron chi connectivity index (χ4n) is 4.08. The Morgan fingerprint density at radius 3 is 1.68 bits per heavy atom. The molecule has 4 rings (SSSR count). The van der Waals surface area contributed by atoms with Crippen LogP contribution < -0.4 is 10.6 Å². The van der Waals surface area contributed by atoms with Crippen molar-refractivity contribution in [2.75, 3.05) is 5.32 Å². The molecule has 0 aliphatic heterocycles. The SMILES string of the molecule is C[C@H](NC(=O)c1ccccc1NC(=O)CC(c1ccccc1)c1ccccc1)c1ccccc1. The van der Waals surface area contributed by atoms with Gasteiger partial charge >= 0.3 is 0 Å². The number of carbonyl (C=O) groups excluding carboxylic acids is 2. The molecule has 2 amide bonds. The Bertz CT molecular complexity index is 1180. The van der Waals surface area contributed by atoms with Gasteiger partial charge in [-0.3, -0.25) is 9.59 Å². The van der Waals surface area contributed by atoms with Crippen molar-refractivity contribution in [2.45, 2.75) is 25.3 Å². The van der Waals surface area contributed by atoms with Gasteiger partial charge in [-0.05, 0) is 35.7 Å². The molecule has 0 bridgehead atoms. The fraction of sp³-hybridized carbons (Fsp3) is 0.133. The molecule has 4 aromatic carbocycles. The summed E-state index contributed by atoms with van der Waals surface area (Å²) in [6, 6.07) is 36.8. The van der Waals surface area contributed by atoms with E-state index in [1.165, 1.54) is 0 Å². The van der Waals surface area contributed by atoms with Gasteiger partial charge in [-0.1, -0.05) is 103 Å². The molecule has 4 aromatic rings. The molecular weight excluding hydrogens is 420 g/mol. The van der Waals surface area contributed by atoms with Crippen LogP contribution in [0.15, 0.2) is 115 Å². The first-order valence-corrected chi connectivity index (χ1v) is 11.5. The minimum Gasteiger partial charge on any atom is -0.345 e. The number of rotatable bonds is 8. The zero-order valence-corrected chi connectivity index (χ0v) is 19.1. The third-order valence-corrected chi connectivity index (χ3v) is 5.89. The van der Waals surface area contributed by atoms with E-state index in [1.54, 1.807) is 18.2 Å². The summed E-state index contributed by atoms with van der Waals surface area (Å²) in [4.78, 5) is 26.2. The van der Waals surface area contributed by atoms with E-state index in [2.05, 4.69) is 10.6 Å². The van der Waals surface area contributed by atoms with Gasteiger partial charge < -0.3 is 10.6 Å². The fourth-order valence-corrected chi connectivity index (χ4v) is 4.08. The monoisotopic (exact) mass is 448 g/mol. The topological polar surface area (TPSA) is 58.2 Å². The van der Waals surface area contributed by atoms with Crippen LogP contribution in [-0.4, -0.2) is 11.8 Å². The lowest BCUT2D eigenvalue weighted by atomic mass is 9.88. The molecular formula is C30H28N2O2. The molecule has 0 aromatic heterocycles. The first-order valence-electron chi connectivity index (χ1n) is 11.5. The van der Waals surface area contributed by atoms with E-state index in [9.17, 15) is 9.59 Å². The second kappa shape index (κ2) is 11.1. The summed E-state index contributed by atoms with van der Waals surface area (Å²) < 4.78 is 0. The van der Waals surface area contributed by atoms with Crippen LogP contribution in [0, 0.1) is 0 Å². The Morgan fingerprint density at radius 1 is 0.647 bits per heavy atom. The number of amides is 2. The van der Waals surface area contributed by atoms with E-state index in [1.807, 2.05) is 104 Å². The van der Waals surface area contributed by atoms with Crippen LogP contribution in [0.1, 0.15) is 52.4 Å². The molecule has 2 N–H and O–H groups in total. The largest absolute Gasteiger partial charge is 0.345 e. The minimum atomic E-state index is -0.227. The Balaban J connectivity index is 1.50. The van der Waals surface area contributed by atoms with Crippen LogP contribution in [0.4, 0.5) is 5.69 Å². The van der Waals surface area contributed by atoms with Gasteiger partial charge in [0.15, 0.2) is 0 Å². The second-order valence-electron chi connectivity index (χ2n) is 8.28. The van der Waals surface area contributed by atoms with Crippen molar-refractivity contribution in [2.24, 2.45) is 0 Å². The van der Waals surface area contributed by atoms with E-state index in [-0.39, 0.29) is 30.2 Å². The van der Waals surface area contributed by atoms with Gasteiger partial charge in [-0.25, -0.2) is 0 Å². The molecule has 0 unspecified atom stereocenters. The quantitative estimate of drug-likeness (QED) is 0.330. The third kappa shape index (κ3) is 5.78. The normalized spacial score (nSPS) is 11.6. The predicted molar refractivity (Wildman–Crippen MR) is 137 cm³/mol. The lowest BCUT2D eigenvalue weighted by Crippen LogP contribution is -2.28. The second-order valence-corrected chi connectivity index (χ2v) is 8.28. The van der Waals surface area contributed by atoms with Gasteiger partial charge in [0.05, 0.1) is 17.3 Å². The molecule has 0 spiro atoms. The van der Waals surface area contributed by atoms with Gasteiger partial charge in [0.25, 0.3) is 5.91 Å². The molecule has 0 saturated carbocycles. The van der Waals surface area contributed by atoms with Crippen LogP contribution in [-0.2, 0) is 4.79 Å². The molecule has 4 nitrogen and oxygen atoms in total. The predicted octanol–water partition coefficient (Wildman–Crippen LogP) is 6.34. The van der Waals surface area contributed by atoms with Crippen molar-refractivity contribution in [1.82, 2.24) is 5.32 Å². The highest BCUT2D eigenvalue weighted by atomic mass is 16.2. The smallest absolute Gasteiger partial charge is 0.253 e. The Hall–Kier alpha value is -4.18. The summed E-state index contributed by atoms with van der Waals surface area (Å²) in [5, 5.41) is 6.00. The van der Waals surface area contributed by atoms with Crippen molar-refractivity contribution < 1.29 is 9.59 Å². The minimum absolute atomic E-state index is 0.0820. The summed E-state index contributed by atoms with van der Waals surface area (Å²) in [6.45, 7) is 1.94. The van der Waals surface area contributed by atoms with Crippen molar-refractivity contribution in [3.63, 3.8) is 0 Å². The molecule has 0 aliphatic carbocycles. The number of benzene rings is 4. The highest BCUT2D eigenvalue weighted by molar-refractivity contribution is 6.04. The van der Waals surface area contributed by atoms with Crippen molar-refractivity contribution in [1.29, 1.82) is 0 Å². The zero-order valence-electron chi connectivity index (χ0n) is 19.1. The summed E-state index contributed by atoms with van der Waals surface area (Å²) in [5.74, 6) is -0.453. The molecule has 0 fully saturated rings. The van der Waals surface area contributed by atoms with Gasteiger partial charge in [-0.15, -0.1) is 0 Å². The van der Waals surface area contributed by atoms with Crippen molar-refractivity contribution >= 4 is 17.5 Å². The summed E-state index contributed by atoms with van der Waals surface area (Å²) >= 11 is 0. The zero-order chi connectivity index (χ0) is 23.8. The van der Waals surface area contributed by atoms with E-state index < -0.39 is 0 Å². The molecule has 4 heteroatoms. The van der Waals surface area contributed by atoms with E-state index in [4.69, 9.17) is 0 Å².